The minimum atomic E-state index is -1.12. The van der Waals surface area contributed by atoms with Gasteiger partial charge in [-0.25, -0.2) is 0 Å². The maximum Gasteiger partial charge on any atom is 0.322 e. The Hall–Kier alpha value is -3.55. The van der Waals surface area contributed by atoms with Crippen LogP contribution in [0.5, 0.6) is 5.75 Å². The monoisotopic (exact) mass is 371 g/mol. The highest BCUT2D eigenvalue weighted by atomic mass is 16.5. The maximum atomic E-state index is 12.0. The summed E-state index contributed by atoms with van der Waals surface area (Å²) in [7, 11) is 0. The molecule has 5 N–H and O–H groups in total. The average Bonchev–Trinajstić information content (AvgIpc) is 2.65. The quantitative estimate of drug-likeness (QED) is 0.393. The highest BCUT2D eigenvalue weighted by Gasteiger charge is 2.08. The van der Waals surface area contributed by atoms with Gasteiger partial charge in [-0.1, -0.05) is 12.1 Å². The molecule has 0 aliphatic rings. The van der Waals surface area contributed by atoms with Crippen molar-refractivity contribution in [3.63, 3.8) is 0 Å². The second-order valence-corrected chi connectivity index (χ2v) is 5.69. The number of rotatable bonds is 9. The highest BCUT2D eigenvalue weighted by molar-refractivity contribution is 5.97. The van der Waals surface area contributed by atoms with Gasteiger partial charge < -0.3 is 26.2 Å². The molecule has 27 heavy (non-hydrogen) atoms. The van der Waals surface area contributed by atoms with E-state index >= 15 is 0 Å². The van der Waals surface area contributed by atoms with Gasteiger partial charge in [0.15, 0.2) is 0 Å². The number of nitrogens with two attached hydrogens (primary N) is 1. The zero-order valence-electron chi connectivity index (χ0n) is 14.6. The lowest BCUT2D eigenvalue weighted by Crippen LogP contribution is -2.29. The maximum absolute atomic E-state index is 12.0. The van der Waals surface area contributed by atoms with E-state index in [4.69, 9.17) is 15.6 Å². The number of hydrogen-bond acceptors (Lipinski definition) is 5. The molecule has 0 atom stereocenters. The molecule has 0 spiro atoms. The van der Waals surface area contributed by atoms with Gasteiger partial charge in [-0.3, -0.25) is 14.4 Å². The van der Waals surface area contributed by atoms with Crippen LogP contribution in [0.4, 0.5) is 11.4 Å². The number of aliphatic carboxylic acids is 1. The van der Waals surface area contributed by atoms with Crippen LogP contribution < -0.4 is 21.1 Å². The molecule has 0 bridgehead atoms. The summed E-state index contributed by atoms with van der Waals surface area (Å²) < 4.78 is 5.53. The number of anilines is 2. The van der Waals surface area contributed by atoms with E-state index in [0.29, 0.717) is 35.7 Å². The van der Waals surface area contributed by atoms with Crippen LogP contribution in [0.25, 0.3) is 0 Å². The van der Waals surface area contributed by atoms with Crippen LogP contribution >= 0.6 is 0 Å². The van der Waals surface area contributed by atoms with Crippen LogP contribution in [0.1, 0.15) is 23.2 Å². The Bertz CT molecular complexity index is 805. The molecule has 0 aliphatic carbocycles. The lowest BCUT2D eigenvalue weighted by Gasteiger charge is -2.09. The van der Waals surface area contributed by atoms with Gasteiger partial charge in [0.1, 0.15) is 12.3 Å². The van der Waals surface area contributed by atoms with Gasteiger partial charge in [-0.05, 0) is 42.8 Å². The summed E-state index contributed by atoms with van der Waals surface area (Å²) in [4.78, 5) is 34.1. The second kappa shape index (κ2) is 9.81. The summed E-state index contributed by atoms with van der Waals surface area (Å²) >= 11 is 0. The van der Waals surface area contributed by atoms with E-state index in [1.165, 1.54) is 12.1 Å². The first kappa shape index (κ1) is 19.8. The molecule has 0 heterocycles. The minimum Gasteiger partial charge on any atom is -0.491 e. The Morgan fingerprint density at radius 1 is 1.04 bits per heavy atom. The van der Waals surface area contributed by atoms with Crippen molar-refractivity contribution in [2.24, 2.45) is 0 Å². The third kappa shape index (κ3) is 6.69. The van der Waals surface area contributed by atoms with Crippen molar-refractivity contribution in [3.05, 3.63) is 54.1 Å². The number of benzene rings is 2. The van der Waals surface area contributed by atoms with Crippen molar-refractivity contribution in [2.75, 3.05) is 24.2 Å². The fraction of sp³-hybridized carbons (Fsp3) is 0.211. The van der Waals surface area contributed by atoms with E-state index < -0.39 is 18.4 Å². The second-order valence-electron chi connectivity index (χ2n) is 5.69. The predicted octanol–water partition coefficient (Wildman–Crippen LogP) is 1.88. The molecular weight excluding hydrogens is 350 g/mol. The van der Waals surface area contributed by atoms with Gasteiger partial charge in [-0.15, -0.1) is 0 Å². The number of carbonyl (C=O) groups excluding carboxylic acids is 2. The molecule has 2 amide bonds. The molecule has 0 unspecified atom stereocenters. The van der Waals surface area contributed by atoms with Gasteiger partial charge in [0.05, 0.1) is 12.3 Å². The molecule has 142 valence electrons. The average molecular weight is 371 g/mol. The van der Waals surface area contributed by atoms with Crippen molar-refractivity contribution >= 4 is 29.2 Å². The fourth-order valence-corrected chi connectivity index (χ4v) is 2.21. The third-order valence-corrected chi connectivity index (χ3v) is 3.56. The first-order valence-electron chi connectivity index (χ1n) is 8.33. The number of amides is 2. The number of carboxylic acid groups (broad SMARTS) is 1. The van der Waals surface area contributed by atoms with Gasteiger partial charge >= 0.3 is 5.97 Å². The van der Waals surface area contributed by atoms with Crippen LogP contribution in [-0.4, -0.2) is 36.0 Å². The van der Waals surface area contributed by atoms with Crippen LogP contribution in [0.15, 0.2) is 48.5 Å². The smallest absolute Gasteiger partial charge is 0.322 e. The Morgan fingerprint density at radius 3 is 2.41 bits per heavy atom. The summed E-state index contributed by atoms with van der Waals surface area (Å²) in [5, 5.41) is 13.5. The number of carbonyl (C=O) groups is 3. The lowest BCUT2D eigenvalue weighted by atomic mass is 10.2. The van der Waals surface area contributed by atoms with E-state index in [0.717, 1.165) is 0 Å². The summed E-state index contributed by atoms with van der Waals surface area (Å²) in [6.45, 7) is -0.0850. The zero-order valence-corrected chi connectivity index (χ0v) is 14.6. The zero-order chi connectivity index (χ0) is 19.6. The Kier molecular flexibility index (Phi) is 7.18. The summed E-state index contributed by atoms with van der Waals surface area (Å²) in [6.07, 6.45) is 0.795. The largest absolute Gasteiger partial charge is 0.491 e. The van der Waals surface area contributed by atoms with E-state index in [9.17, 15) is 14.4 Å². The van der Waals surface area contributed by atoms with Crippen LogP contribution in [0.2, 0.25) is 0 Å². The summed E-state index contributed by atoms with van der Waals surface area (Å²) in [5.74, 6) is -1.20. The first-order chi connectivity index (χ1) is 13.0. The Labute approximate surface area is 156 Å². The molecule has 2 rings (SSSR count). The molecule has 0 saturated heterocycles. The standard InChI is InChI=1S/C19H21N3O5/c20-15-4-1-2-5-16(15)27-11-3-6-17(23)22-14-9-7-13(8-10-14)19(26)21-12-18(24)25/h1-2,4-5,7-10H,3,6,11-12,20H2,(H,21,26)(H,22,23)(H,24,25). The molecular formula is C19H21N3O5. The molecule has 0 aromatic heterocycles. The minimum absolute atomic E-state index is 0.178. The van der Waals surface area contributed by atoms with Crippen LogP contribution in [0.3, 0.4) is 0 Å². The number of carboxylic acids is 1. The Balaban J connectivity index is 1.73. The van der Waals surface area contributed by atoms with Crippen LogP contribution in [0, 0.1) is 0 Å². The lowest BCUT2D eigenvalue weighted by molar-refractivity contribution is -0.135. The van der Waals surface area contributed by atoms with E-state index in [1.54, 1.807) is 24.3 Å². The van der Waals surface area contributed by atoms with E-state index in [-0.39, 0.29) is 12.3 Å². The topological polar surface area (TPSA) is 131 Å². The summed E-state index contributed by atoms with van der Waals surface area (Å²) in [5.41, 5.74) is 7.17. The SMILES string of the molecule is Nc1ccccc1OCCCC(=O)Nc1ccc(C(=O)NCC(=O)O)cc1. The number of hydrogen-bond donors (Lipinski definition) is 4. The Morgan fingerprint density at radius 2 is 1.74 bits per heavy atom. The predicted molar refractivity (Wildman–Crippen MR) is 101 cm³/mol. The first-order valence-corrected chi connectivity index (χ1v) is 8.33. The van der Waals surface area contributed by atoms with Gasteiger partial charge in [0, 0.05) is 17.7 Å². The molecule has 0 aliphatic heterocycles. The van der Waals surface area contributed by atoms with Gasteiger partial charge in [0.2, 0.25) is 5.91 Å². The molecule has 0 fully saturated rings. The van der Waals surface area contributed by atoms with Crippen molar-refractivity contribution < 1.29 is 24.2 Å². The van der Waals surface area contributed by atoms with E-state index in [2.05, 4.69) is 10.6 Å². The van der Waals surface area contributed by atoms with Crippen LogP contribution in [-0.2, 0) is 9.59 Å². The molecule has 2 aromatic rings. The van der Waals surface area contributed by atoms with E-state index in [1.807, 2.05) is 12.1 Å². The molecule has 8 nitrogen and oxygen atoms in total. The molecule has 8 heteroatoms. The molecule has 0 radical (unpaired) electrons. The fourth-order valence-electron chi connectivity index (χ4n) is 2.21. The number of ether oxygens (including phenoxy) is 1. The van der Waals surface area contributed by atoms with Gasteiger partial charge in [0.25, 0.3) is 5.91 Å². The van der Waals surface area contributed by atoms with Gasteiger partial charge in [-0.2, -0.15) is 0 Å². The number of nitrogen functional groups attached to an aromatic ring is 1. The summed E-state index contributed by atoms with van der Waals surface area (Å²) in [6, 6.07) is 13.3. The normalized spacial score (nSPS) is 10.1. The number of para-hydroxylation sites is 2. The van der Waals surface area contributed by atoms with Crippen molar-refractivity contribution in [1.29, 1.82) is 0 Å². The van der Waals surface area contributed by atoms with Crippen molar-refractivity contribution in [1.82, 2.24) is 5.32 Å². The molecule has 0 saturated carbocycles. The number of nitrogens with one attached hydrogen (secondary N) is 2. The highest BCUT2D eigenvalue weighted by Crippen LogP contribution is 2.20. The molecule has 2 aromatic carbocycles. The third-order valence-electron chi connectivity index (χ3n) is 3.56. The van der Waals surface area contributed by atoms with Crippen molar-refractivity contribution in [2.45, 2.75) is 12.8 Å². The van der Waals surface area contributed by atoms with Crippen molar-refractivity contribution in [3.8, 4) is 5.75 Å².